The molecule has 1 atom stereocenters. The van der Waals surface area contributed by atoms with Gasteiger partial charge in [0.2, 0.25) is 0 Å². The zero-order chi connectivity index (χ0) is 12.8. The van der Waals surface area contributed by atoms with E-state index in [0.717, 1.165) is 19.4 Å². The Balaban J connectivity index is 1.99. The summed E-state index contributed by atoms with van der Waals surface area (Å²) in [6.07, 6.45) is 6.13. The molecule has 0 bridgehead atoms. The van der Waals surface area contributed by atoms with E-state index in [1.165, 1.54) is 11.1 Å². The molecule has 0 saturated carbocycles. The van der Waals surface area contributed by atoms with E-state index in [1.54, 1.807) is 0 Å². The summed E-state index contributed by atoms with van der Waals surface area (Å²) in [5, 5.41) is 7.78. The molecule has 1 heterocycles. The van der Waals surface area contributed by atoms with Crippen molar-refractivity contribution in [1.29, 1.82) is 0 Å². The van der Waals surface area contributed by atoms with Crippen LogP contribution in [0.3, 0.4) is 0 Å². The van der Waals surface area contributed by atoms with Crippen molar-refractivity contribution in [3.63, 3.8) is 0 Å². The molecule has 0 radical (unpaired) electrons. The topological polar surface area (TPSA) is 29.9 Å². The largest absolute Gasteiger partial charge is 0.314 e. The first-order valence-electron chi connectivity index (χ1n) is 6.52. The van der Waals surface area contributed by atoms with Gasteiger partial charge < -0.3 is 5.32 Å². The van der Waals surface area contributed by atoms with Crippen molar-refractivity contribution >= 4 is 0 Å². The van der Waals surface area contributed by atoms with Gasteiger partial charge in [-0.2, -0.15) is 5.10 Å². The number of nitrogens with one attached hydrogen (secondary N) is 1. The summed E-state index contributed by atoms with van der Waals surface area (Å²) in [4.78, 5) is 0. The number of nitrogens with zero attached hydrogens (tertiary/aromatic N) is 2. The highest BCUT2D eigenvalue weighted by Crippen LogP contribution is 2.08. The van der Waals surface area contributed by atoms with Crippen molar-refractivity contribution in [3.05, 3.63) is 53.9 Å². The molecule has 1 N–H and O–H groups in total. The summed E-state index contributed by atoms with van der Waals surface area (Å²) in [6, 6.07) is 11.1. The molecule has 18 heavy (non-hydrogen) atoms. The smallest absolute Gasteiger partial charge is 0.0522 e. The second kappa shape index (κ2) is 6.36. The van der Waals surface area contributed by atoms with Crippen molar-refractivity contribution in [2.24, 2.45) is 7.05 Å². The van der Waals surface area contributed by atoms with E-state index in [2.05, 4.69) is 53.9 Å². The molecule has 0 amide bonds. The minimum Gasteiger partial charge on any atom is -0.314 e. The Morgan fingerprint density at radius 1 is 1.17 bits per heavy atom. The van der Waals surface area contributed by atoms with Crippen LogP contribution in [0.5, 0.6) is 0 Å². The van der Waals surface area contributed by atoms with Crippen LogP contribution in [-0.4, -0.2) is 22.4 Å². The standard InChI is InChI=1S/C15H21N3/c1-3-16-15(9-13-7-5-4-6-8-13)10-14-11-17-18(2)12-14/h4-8,11-12,15-16H,3,9-10H2,1-2H3. The van der Waals surface area contributed by atoms with E-state index < -0.39 is 0 Å². The van der Waals surface area contributed by atoms with E-state index >= 15 is 0 Å². The van der Waals surface area contributed by atoms with Crippen LogP contribution >= 0.6 is 0 Å². The summed E-state index contributed by atoms with van der Waals surface area (Å²) in [7, 11) is 1.96. The molecule has 1 aromatic heterocycles. The Labute approximate surface area is 109 Å². The molecule has 3 nitrogen and oxygen atoms in total. The van der Waals surface area contributed by atoms with E-state index in [1.807, 2.05) is 17.9 Å². The van der Waals surface area contributed by atoms with Crippen LogP contribution in [0.15, 0.2) is 42.7 Å². The van der Waals surface area contributed by atoms with Crippen molar-refractivity contribution in [2.45, 2.75) is 25.8 Å². The minimum absolute atomic E-state index is 0.474. The van der Waals surface area contributed by atoms with E-state index in [4.69, 9.17) is 0 Å². The fourth-order valence-electron chi connectivity index (χ4n) is 2.27. The van der Waals surface area contributed by atoms with Gasteiger partial charge in [0.15, 0.2) is 0 Å². The van der Waals surface area contributed by atoms with Gasteiger partial charge in [-0.1, -0.05) is 37.3 Å². The van der Waals surface area contributed by atoms with Crippen LogP contribution in [0.2, 0.25) is 0 Å². The van der Waals surface area contributed by atoms with Crippen LogP contribution in [-0.2, 0) is 19.9 Å². The molecule has 0 aliphatic heterocycles. The fraction of sp³-hybridized carbons (Fsp3) is 0.400. The summed E-state index contributed by atoms with van der Waals surface area (Å²) >= 11 is 0. The zero-order valence-corrected chi connectivity index (χ0v) is 11.1. The molecule has 96 valence electrons. The Morgan fingerprint density at radius 3 is 2.50 bits per heavy atom. The van der Waals surface area contributed by atoms with Crippen molar-refractivity contribution in [1.82, 2.24) is 15.1 Å². The average Bonchev–Trinajstić information content (AvgIpc) is 2.76. The third kappa shape index (κ3) is 3.70. The number of likely N-dealkylation sites (N-methyl/N-ethyl adjacent to an activating group) is 1. The van der Waals surface area contributed by atoms with Crippen molar-refractivity contribution < 1.29 is 0 Å². The maximum Gasteiger partial charge on any atom is 0.0522 e. The molecule has 0 saturated heterocycles. The Bertz CT molecular complexity index is 462. The second-order valence-electron chi connectivity index (χ2n) is 4.67. The number of aryl methyl sites for hydroxylation is 1. The van der Waals surface area contributed by atoms with Crippen molar-refractivity contribution in [3.8, 4) is 0 Å². The summed E-state index contributed by atoms with van der Waals surface area (Å²) in [6.45, 7) is 3.15. The molecule has 0 spiro atoms. The Kier molecular flexibility index (Phi) is 4.53. The van der Waals surface area contributed by atoms with E-state index in [-0.39, 0.29) is 0 Å². The van der Waals surface area contributed by atoms with Gasteiger partial charge in [-0.3, -0.25) is 4.68 Å². The van der Waals surface area contributed by atoms with Crippen LogP contribution in [0.25, 0.3) is 0 Å². The lowest BCUT2D eigenvalue weighted by Gasteiger charge is -2.17. The molecule has 1 aromatic carbocycles. The predicted octanol–water partition coefficient (Wildman–Crippen LogP) is 2.18. The molecule has 0 aliphatic rings. The predicted molar refractivity (Wildman–Crippen MR) is 74.5 cm³/mol. The van der Waals surface area contributed by atoms with Gasteiger partial charge in [-0.05, 0) is 30.5 Å². The molecule has 2 rings (SSSR count). The molecular formula is C15H21N3. The second-order valence-corrected chi connectivity index (χ2v) is 4.67. The number of hydrogen-bond donors (Lipinski definition) is 1. The normalized spacial score (nSPS) is 12.6. The van der Waals surface area contributed by atoms with E-state index in [0.29, 0.717) is 6.04 Å². The Morgan fingerprint density at radius 2 is 1.89 bits per heavy atom. The maximum atomic E-state index is 4.23. The first-order chi connectivity index (χ1) is 8.78. The minimum atomic E-state index is 0.474. The molecule has 2 aromatic rings. The number of rotatable bonds is 6. The highest BCUT2D eigenvalue weighted by molar-refractivity contribution is 5.17. The fourth-order valence-corrected chi connectivity index (χ4v) is 2.27. The van der Waals surface area contributed by atoms with Gasteiger partial charge in [0.1, 0.15) is 0 Å². The van der Waals surface area contributed by atoms with Gasteiger partial charge >= 0.3 is 0 Å². The van der Waals surface area contributed by atoms with Crippen molar-refractivity contribution in [2.75, 3.05) is 6.54 Å². The van der Waals surface area contributed by atoms with Crippen LogP contribution in [0.1, 0.15) is 18.1 Å². The summed E-state index contributed by atoms with van der Waals surface area (Å²) < 4.78 is 1.86. The molecule has 3 heteroatoms. The van der Waals surface area contributed by atoms with Crippen LogP contribution in [0.4, 0.5) is 0 Å². The van der Waals surface area contributed by atoms with Gasteiger partial charge in [0, 0.05) is 19.3 Å². The molecule has 0 fully saturated rings. The SMILES string of the molecule is CCNC(Cc1ccccc1)Cc1cnn(C)c1. The maximum absolute atomic E-state index is 4.23. The van der Waals surface area contributed by atoms with Gasteiger partial charge in [-0.15, -0.1) is 0 Å². The monoisotopic (exact) mass is 243 g/mol. The van der Waals surface area contributed by atoms with Gasteiger partial charge in [-0.25, -0.2) is 0 Å². The highest BCUT2D eigenvalue weighted by Gasteiger charge is 2.10. The van der Waals surface area contributed by atoms with Crippen LogP contribution < -0.4 is 5.32 Å². The van der Waals surface area contributed by atoms with Gasteiger partial charge in [0.05, 0.1) is 6.20 Å². The summed E-state index contributed by atoms with van der Waals surface area (Å²) in [5.41, 5.74) is 2.67. The van der Waals surface area contributed by atoms with Gasteiger partial charge in [0.25, 0.3) is 0 Å². The van der Waals surface area contributed by atoms with Crippen LogP contribution in [0, 0.1) is 0 Å². The summed E-state index contributed by atoms with van der Waals surface area (Å²) in [5.74, 6) is 0. The number of aromatic nitrogens is 2. The lowest BCUT2D eigenvalue weighted by Crippen LogP contribution is -2.32. The third-order valence-electron chi connectivity index (χ3n) is 3.06. The average molecular weight is 243 g/mol. The Hall–Kier alpha value is -1.61. The lowest BCUT2D eigenvalue weighted by molar-refractivity contribution is 0.521. The van der Waals surface area contributed by atoms with E-state index in [9.17, 15) is 0 Å². The quantitative estimate of drug-likeness (QED) is 0.843. The zero-order valence-electron chi connectivity index (χ0n) is 11.1. The third-order valence-corrected chi connectivity index (χ3v) is 3.06. The molecule has 0 aliphatic carbocycles. The molecular weight excluding hydrogens is 222 g/mol. The lowest BCUT2D eigenvalue weighted by atomic mass is 10.0. The highest BCUT2D eigenvalue weighted by atomic mass is 15.2. The first-order valence-corrected chi connectivity index (χ1v) is 6.52. The number of hydrogen-bond acceptors (Lipinski definition) is 2. The number of benzene rings is 1. The first kappa shape index (κ1) is 12.8. The molecule has 1 unspecified atom stereocenters.